The molecule has 2 nitrogen and oxygen atoms in total. The van der Waals surface area contributed by atoms with E-state index in [0.717, 1.165) is 37.2 Å². The van der Waals surface area contributed by atoms with Gasteiger partial charge in [-0.3, -0.25) is 4.90 Å². The third-order valence-corrected chi connectivity index (χ3v) is 4.53. The first-order valence-electron chi connectivity index (χ1n) is 7.41. The summed E-state index contributed by atoms with van der Waals surface area (Å²) in [6.07, 6.45) is 6.75. The molecule has 0 saturated heterocycles. The summed E-state index contributed by atoms with van der Waals surface area (Å²) in [5, 5.41) is 0. The van der Waals surface area contributed by atoms with Crippen LogP contribution in [0.4, 0.5) is 0 Å². The first-order valence-corrected chi connectivity index (χ1v) is 7.95. The Morgan fingerprint density at radius 3 is 2.74 bits per heavy atom. The second-order valence-electron chi connectivity index (χ2n) is 5.67. The molecule has 1 fully saturated rings. The van der Waals surface area contributed by atoms with Crippen LogP contribution in [0.3, 0.4) is 0 Å². The van der Waals surface area contributed by atoms with Gasteiger partial charge in [0, 0.05) is 31.4 Å². The predicted molar refractivity (Wildman–Crippen MR) is 79.1 cm³/mol. The number of fused-ring (bicyclic) bond motifs is 1. The highest BCUT2D eigenvalue weighted by Gasteiger charge is 2.28. The van der Waals surface area contributed by atoms with E-state index in [1.54, 1.807) is 0 Å². The summed E-state index contributed by atoms with van der Waals surface area (Å²) >= 11 is 5.97. The van der Waals surface area contributed by atoms with Crippen molar-refractivity contribution in [1.82, 2.24) is 4.90 Å². The molecule has 3 rings (SSSR count). The molecule has 1 heterocycles. The summed E-state index contributed by atoms with van der Waals surface area (Å²) in [5.41, 5.74) is 1.35. The SMILES string of the molecule is ClCCN(CC1Cc2ccccc2O1)C1CCCC1. The van der Waals surface area contributed by atoms with Crippen molar-refractivity contribution >= 4 is 11.6 Å². The number of ether oxygens (including phenoxy) is 1. The predicted octanol–water partition coefficient (Wildman–Crippen LogP) is 3.47. The third kappa shape index (κ3) is 3.06. The molecule has 1 aliphatic heterocycles. The second kappa shape index (κ2) is 6.15. The zero-order chi connectivity index (χ0) is 13.1. The molecule has 3 heteroatoms. The molecule has 1 unspecified atom stereocenters. The van der Waals surface area contributed by atoms with Crippen molar-refractivity contribution in [1.29, 1.82) is 0 Å². The quantitative estimate of drug-likeness (QED) is 0.765. The Morgan fingerprint density at radius 2 is 2.00 bits per heavy atom. The molecule has 0 radical (unpaired) electrons. The highest BCUT2D eigenvalue weighted by Crippen LogP contribution is 2.30. The highest BCUT2D eigenvalue weighted by atomic mass is 35.5. The van der Waals surface area contributed by atoms with Crippen LogP contribution < -0.4 is 4.74 Å². The fraction of sp³-hybridized carbons (Fsp3) is 0.625. The smallest absolute Gasteiger partial charge is 0.123 e. The minimum Gasteiger partial charge on any atom is -0.488 e. The average Bonchev–Trinajstić information content (AvgIpc) is 3.07. The van der Waals surface area contributed by atoms with Crippen molar-refractivity contribution in [3.63, 3.8) is 0 Å². The standard InChI is InChI=1S/C16H22ClNO/c17-9-10-18(14-6-2-3-7-14)12-15-11-13-5-1-4-8-16(13)19-15/h1,4-5,8,14-15H,2-3,6-7,9-12H2. The van der Waals surface area contributed by atoms with Crippen molar-refractivity contribution in [2.45, 2.75) is 44.2 Å². The highest BCUT2D eigenvalue weighted by molar-refractivity contribution is 6.18. The van der Waals surface area contributed by atoms with Gasteiger partial charge in [0.2, 0.25) is 0 Å². The van der Waals surface area contributed by atoms with Gasteiger partial charge < -0.3 is 4.74 Å². The Hall–Kier alpha value is -0.730. The van der Waals surface area contributed by atoms with Crippen LogP contribution in [-0.4, -0.2) is 36.0 Å². The number of alkyl halides is 1. The van der Waals surface area contributed by atoms with Crippen LogP contribution in [0.1, 0.15) is 31.2 Å². The van der Waals surface area contributed by atoms with Crippen molar-refractivity contribution in [2.24, 2.45) is 0 Å². The van der Waals surface area contributed by atoms with Gasteiger partial charge in [0.15, 0.2) is 0 Å². The summed E-state index contributed by atoms with van der Waals surface area (Å²) in [5.74, 6) is 1.79. The van der Waals surface area contributed by atoms with Crippen LogP contribution in [0.25, 0.3) is 0 Å². The van der Waals surface area contributed by atoms with Crippen LogP contribution in [0.2, 0.25) is 0 Å². The Balaban J connectivity index is 1.61. The van der Waals surface area contributed by atoms with Gasteiger partial charge in [-0.05, 0) is 24.5 Å². The van der Waals surface area contributed by atoms with Gasteiger partial charge in [0.25, 0.3) is 0 Å². The van der Waals surface area contributed by atoms with E-state index in [1.165, 1.54) is 31.2 Å². The van der Waals surface area contributed by atoms with Gasteiger partial charge >= 0.3 is 0 Å². The fourth-order valence-corrected chi connectivity index (χ4v) is 3.64. The minimum atomic E-state index is 0.307. The molecule has 1 aromatic rings. The molecule has 1 aromatic carbocycles. The lowest BCUT2D eigenvalue weighted by Crippen LogP contribution is -2.41. The fourth-order valence-electron chi connectivity index (χ4n) is 3.42. The Bertz CT molecular complexity index is 392. The van der Waals surface area contributed by atoms with Gasteiger partial charge in [-0.1, -0.05) is 31.0 Å². The van der Waals surface area contributed by atoms with E-state index in [0.29, 0.717) is 6.10 Å². The van der Waals surface area contributed by atoms with Gasteiger partial charge in [0.05, 0.1) is 0 Å². The van der Waals surface area contributed by atoms with Gasteiger partial charge in [-0.2, -0.15) is 0 Å². The maximum absolute atomic E-state index is 6.06. The summed E-state index contributed by atoms with van der Waals surface area (Å²) < 4.78 is 6.06. The van der Waals surface area contributed by atoms with E-state index in [1.807, 2.05) is 0 Å². The van der Waals surface area contributed by atoms with E-state index in [9.17, 15) is 0 Å². The first kappa shape index (κ1) is 13.3. The number of para-hydroxylation sites is 1. The minimum absolute atomic E-state index is 0.307. The first-order chi connectivity index (χ1) is 9.36. The Labute approximate surface area is 120 Å². The summed E-state index contributed by atoms with van der Waals surface area (Å²) in [7, 11) is 0. The van der Waals surface area contributed by atoms with Crippen LogP contribution in [0, 0.1) is 0 Å². The van der Waals surface area contributed by atoms with Gasteiger partial charge in [-0.15, -0.1) is 11.6 Å². The molecule has 19 heavy (non-hydrogen) atoms. The van der Waals surface area contributed by atoms with E-state index >= 15 is 0 Å². The zero-order valence-electron chi connectivity index (χ0n) is 11.4. The average molecular weight is 280 g/mol. The molecule has 0 aromatic heterocycles. The topological polar surface area (TPSA) is 12.5 Å². The molecular formula is C16H22ClNO. The van der Waals surface area contributed by atoms with Crippen LogP contribution >= 0.6 is 11.6 Å². The monoisotopic (exact) mass is 279 g/mol. The van der Waals surface area contributed by atoms with Crippen molar-refractivity contribution < 1.29 is 4.74 Å². The number of rotatable bonds is 5. The molecule has 0 amide bonds. The molecule has 0 bridgehead atoms. The number of hydrogen-bond acceptors (Lipinski definition) is 2. The lowest BCUT2D eigenvalue weighted by molar-refractivity contribution is 0.123. The number of benzene rings is 1. The number of nitrogens with zero attached hydrogens (tertiary/aromatic N) is 1. The summed E-state index contributed by atoms with van der Waals surface area (Å²) in [4.78, 5) is 2.55. The number of hydrogen-bond donors (Lipinski definition) is 0. The van der Waals surface area contributed by atoms with Crippen molar-refractivity contribution in [3.05, 3.63) is 29.8 Å². The van der Waals surface area contributed by atoms with Crippen LogP contribution in [-0.2, 0) is 6.42 Å². The molecule has 1 saturated carbocycles. The van der Waals surface area contributed by atoms with E-state index in [2.05, 4.69) is 29.2 Å². The van der Waals surface area contributed by atoms with Crippen molar-refractivity contribution in [3.8, 4) is 5.75 Å². The molecule has 0 spiro atoms. The molecular weight excluding hydrogens is 258 g/mol. The molecule has 0 N–H and O–H groups in total. The normalized spacial score (nSPS) is 22.7. The maximum atomic E-state index is 6.06. The van der Waals surface area contributed by atoms with E-state index < -0.39 is 0 Å². The lowest BCUT2D eigenvalue weighted by atomic mass is 10.1. The largest absolute Gasteiger partial charge is 0.488 e. The second-order valence-corrected chi connectivity index (χ2v) is 6.05. The lowest BCUT2D eigenvalue weighted by Gasteiger charge is -2.30. The van der Waals surface area contributed by atoms with E-state index in [-0.39, 0.29) is 0 Å². The summed E-state index contributed by atoms with van der Waals surface area (Å²) in [6.45, 7) is 2.01. The van der Waals surface area contributed by atoms with Crippen LogP contribution in [0.15, 0.2) is 24.3 Å². The third-order valence-electron chi connectivity index (χ3n) is 4.36. The molecule has 1 aliphatic carbocycles. The maximum Gasteiger partial charge on any atom is 0.123 e. The Kier molecular flexibility index (Phi) is 4.29. The van der Waals surface area contributed by atoms with Gasteiger partial charge in [0.1, 0.15) is 11.9 Å². The Morgan fingerprint density at radius 1 is 1.21 bits per heavy atom. The van der Waals surface area contributed by atoms with E-state index in [4.69, 9.17) is 16.3 Å². The van der Waals surface area contributed by atoms with Crippen molar-refractivity contribution in [2.75, 3.05) is 19.0 Å². The molecule has 104 valence electrons. The number of halogens is 1. The molecule has 1 atom stereocenters. The summed E-state index contributed by atoms with van der Waals surface area (Å²) in [6, 6.07) is 9.13. The molecule has 2 aliphatic rings. The van der Waals surface area contributed by atoms with Gasteiger partial charge in [-0.25, -0.2) is 0 Å². The van der Waals surface area contributed by atoms with Crippen LogP contribution in [0.5, 0.6) is 5.75 Å². The zero-order valence-corrected chi connectivity index (χ0v) is 12.1.